The molecule has 0 rings (SSSR count). The van der Waals surface area contributed by atoms with Crippen molar-refractivity contribution in [1.29, 1.82) is 0 Å². The number of allylic oxidation sites excluding steroid dienone is 1. The number of hydrogen-bond acceptors (Lipinski definition) is 6. The Bertz CT molecular complexity index is 713. The van der Waals surface area contributed by atoms with Gasteiger partial charge in [-0.2, -0.15) is 0 Å². The van der Waals surface area contributed by atoms with Crippen LogP contribution in [0, 0.1) is 0 Å². The van der Waals surface area contributed by atoms with Crippen LogP contribution in [0.5, 0.6) is 0 Å². The molecule has 8 nitrogen and oxygen atoms in total. The Morgan fingerprint density at radius 2 is 1.29 bits per heavy atom. The van der Waals surface area contributed by atoms with Crippen LogP contribution < -0.4 is 10.2 Å². The molecule has 0 heterocycles. The largest absolute Gasteiger partial charge is 0.756 e. The number of nitrogens with zero attached hydrogens (tertiary/aromatic N) is 1. The fourth-order valence-corrected chi connectivity index (χ4v) is 5.45. The summed E-state index contributed by atoms with van der Waals surface area (Å²) in [4.78, 5) is 24.3. The van der Waals surface area contributed by atoms with E-state index in [1.54, 1.807) is 6.08 Å². The number of phosphoric acid groups is 1. The SMILES string of the molecule is CCCCCCCCCCCCCCCCCCC/C=C/C(O)C(COP(=O)([O-])OCC[N+](C)(C)C)NC(=O)CCC. The monoisotopic (exact) mass is 618 g/mol. The van der Waals surface area contributed by atoms with Gasteiger partial charge in [0.1, 0.15) is 13.2 Å². The number of likely N-dealkylation sites (N-methyl/N-ethyl adjacent to an activating group) is 1. The number of amides is 1. The molecule has 42 heavy (non-hydrogen) atoms. The van der Waals surface area contributed by atoms with E-state index >= 15 is 0 Å². The van der Waals surface area contributed by atoms with Gasteiger partial charge in [-0.3, -0.25) is 9.36 Å². The first-order chi connectivity index (χ1) is 20.0. The average Bonchev–Trinajstić information content (AvgIpc) is 2.91. The zero-order valence-corrected chi connectivity index (χ0v) is 28.9. The van der Waals surface area contributed by atoms with Crippen LogP contribution in [0.25, 0.3) is 0 Å². The molecule has 0 saturated carbocycles. The first-order valence-corrected chi connectivity index (χ1v) is 18.5. The zero-order chi connectivity index (χ0) is 31.5. The molecule has 0 aliphatic rings. The number of nitrogens with one attached hydrogen (secondary N) is 1. The fourth-order valence-electron chi connectivity index (χ4n) is 4.72. The molecule has 2 N–H and O–H groups in total. The summed E-state index contributed by atoms with van der Waals surface area (Å²) in [6.45, 7) is 4.27. The Hall–Kier alpha value is -0.760. The topological polar surface area (TPSA) is 108 Å². The standard InChI is InChI=1S/C33H67N2O6P/c1-6-8-9-10-11-12-13-14-15-16-17-18-19-20-21-22-23-24-25-27-32(36)31(34-33(37)26-7-2)30-41-42(38,39)40-29-28-35(3,4)5/h25,27,31-32,36H,6-24,26,28-30H2,1-5H3,(H-,34,37,38,39)/b27-25+. The molecule has 1 amide bonds. The number of aliphatic hydroxyl groups excluding tert-OH is 1. The summed E-state index contributed by atoms with van der Waals surface area (Å²) < 4.78 is 22.7. The molecule has 0 aromatic carbocycles. The molecule has 9 heteroatoms. The molecule has 0 saturated heterocycles. The van der Waals surface area contributed by atoms with Gasteiger partial charge in [-0.05, 0) is 19.3 Å². The van der Waals surface area contributed by atoms with Gasteiger partial charge in [0.15, 0.2) is 0 Å². The molecule has 0 aromatic rings. The molecule has 250 valence electrons. The first kappa shape index (κ1) is 41.2. The zero-order valence-electron chi connectivity index (χ0n) is 28.0. The Balaban J connectivity index is 4.07. The summed E-state index contributed by atoms with van der Waals surface area (Å²) in [6.07, 6.45) is 27.0. The van der Waals surface area contributed by atoms with Gasteiger partial charge in [-0.1, -0.05) is 129 Å². The second kappa shape index (κ2) is 26.6. The van der Waals surface area contributed by atoms with Crippen molar-refractivity contribution in [2.45, 2.75) is 154 Å². The highest BCUT2D eigenvalue weighted by Crippen LogP contribution is 2.38. The predicted octanol–water partition coefficient (Wildman–Crippen LogP) is 7.44. The van der Waals surface area contributed by atoms with E-state index in [2.05, 4.69) is 12.2 Å². The smallest absolute Gasteiger partial charge is 0.268 e. The lowest BCUT2D eigenvalue weighted by Crippen LogP contribution is -2.45. The number of hydrogen-bond donors (Lipinski definition) is 2. The third-order valence-electron chi connectivity index (χ3n) is 7.47. The molecular weight excluding hydrogens is 551 g/mol. The summed E-state index contributed by atoms with van der Waals surface area (Å²) in [5.41, 5.74) is 0. The minimum Gasteiger partial charge on any atom is -0.756 e. The van der Waals surface area contributed by atoms with Gasteiger partial charge < -0.3 is 28.8 Å². The van der Waals surface area contributed by atoms with Crippen molar-refractivity contribution in [3.05, 3.63) is 12.2 Å². The van der Waals surface area contributed by atoms with E-state index in [0.29, 0.717) is 23.9 Å². The quantitative estimate of drug-likeness (QED) is 0.0375. The first-order valence-electron chi connectivity index (χ1n) is 17.1. The molecular formula is C33H67N2O6P. The van der Waals surface area contributed by atoms with Crippen molar-refractivity contribution in [2.75, 3.05) is 40.9 Å². The summed E-state index contributed by atoms with van der Waals surface area (Å²) in [5, 5.41) is 13.3. The van der Waals surface area contributed by atoms with Crippen molar-refractivity contribution < 1.29 is 32.9 Å². The van der Waals surface area contributed by atoms with Gasteiger partial charge in [-0.25, -0.2) is 0 Å². The Labute approximate surface area is 259 Å². The van der Waals surface area contributed by atoms with Gasteiger partial charge in [0.05, 0.1) is 39.9 Å². The van der Waals surface area contributed by atoms with Crippen LogP contribution in [0.3, 0.4) is 0 Å². The second-order valence-electron chi connectivity index (χ2n) is 12.9. The lowest BCUT2D eigenvalue weighted by molar-refractivity contribution is -0.870. The van der Waals surface area contributed by atoms with Crippen LogP contribution in [0.15, 0.2) is 12.2 Å². The lowest BCUT2D eigenvalue weighted by Gasteiger charge is -2.29. The molecule has 3 atom stereocenters. The number of phosphoric ester groups is 1. The molecule has 3 unspecified atom stereocenters. The summed E-state index contributed by atoms with van der Waals surface area (Å²) in [7, 11) is 1.25. The maximum Gasteiger partial charge on any atom is 0.268 e. The van der Waals surface area contributed by atoms with Crippen LogP contribution in [0.1, 0.15) is 142 Å². The van der Waals surface area contributed by atoms with Gasteiger partial charge in [-0.15, -0.1) is 0 Å². The van der Waals surface area contributed by atoms with Crippen LogP contribution in [-0.2, 0) is 18.4 Å². The maximum absolute atomic E-state index is 12.2. The molecule has 0 aliphatic carbocycles. The molecule has 0 bridgehead atoms. The normalized spacial score (nSPS) is 15.1. The summed E-state index contributed by atoms with van der Waals surface area (Å²) in [6, 6.07) is -0.875. The molecule has 0 aliphatic heterocycles. The van der Waals surface area contributed by atoms with E-state index in [4.69, 9.17) is 9.05 Å². The van der Waals surface area contributed by atoms with Crippen LogP contribution in [0.4, 0.5) is 0 Å². The van der Waals surface area contributed by atoms with Crippen LogP contribution >= 0.6 is 7.82 Å². The highest BCUT2D eigenvalue weighted by Gasteiger charge is 2.22. The van der Waals surface area contributed by atoms with Gasteiger partial charge in [0.25, 0.3) is 7.82 Å². The number of carbonyl (C=O) groups is 1. The molecule has 0 aromatic heterocycles. The summed E-state index contributed by atoms with van der Waals surface area (Å²) in [5.74, 6) is -0.251. The van der Waals surface area contributed by atoms with E-state index in [9.17, 15) is 19.4 Å². The van der Waals surface area contributed by atoms with Gasteiger partial charge >= 0.3 is 0 Å². The third-order valence-corrected chi connectivity index (χ3v) is 8.43. The van der Waals surface area contributed by atoms with Crippen molar-refractivity contribution in [3.8, 4) is 0 Å². The second-order valence-corrected chi connectivity index (χ2v) is 14.3. The minimum atomic E-state index is -4.54. The van der Waals surface area contributed by atoms with Crippen molar-refractivity contribution >= 4 is 13.7 Å². The lowest BCUT2D eigenvalue weighted by atomic mass is 10.0. The van der Waals surface area contributed by atoms with Crippen molar-refractivity contribution in [2.24, 2.45) is 0 Å². The molecule has 0 spiro atoms. The van der Waals surface area contributed by atoms with E-state index < -0.39 is 20.0 Å². The van der Waals surface area contributed by atoms with Crippen LogP contribution in [0.2, 0.25) is 0 Å². The van der Waals surface area contributed by atoms with Crippen molar-refractivity contribution in [3.63, 3.8) is 0 Å². The van der Waals surface area contributed by atoms with E-state index in [0.717, 1.165) is 19.3 Å². The third kappa shape index (κ3) is 28.0. The molecule has 0 radical (unpaired) electrons. The highest BCUT2D eigenvalue weighted by molar-refractivity contribution is 7.45. The van der Waals surface area contributed by atoms with Gasteiger partial charge in [0.2, 0.25) is 5.91 Å². The van der Waals surface area contributed by atoms with Crippen LogP contribution in [-0.4, -0.2) is 68.5 Å². The van der Waals surface area contributed by atoms with Crippen molar-refractivity contribution in [1.82, 2.24) is 5.32 Å². The number of quaternary nitrogens is 1. The van der Waals surface area contributed by atoms with Gasteiger partial charge in [0, 0.05) is 6.42 Å². The highest BCUT2D eigenvalue weighted by atomic mass is 31.2. The number of unbranched alkanes of at least 4 members (excludes halogenated alkanes) is 17. The van der Waals surface area contributed by atoms with E-state index in [-0.39, 0.29) is 19.1 Å². The maximum atomic E-state index is 12.2. The van der Waals surface area contributed by atoms with E-state index in [1.165, 1.54) is 96.3 Å². The average molecular weight is 619 g/mol. The number of aliphatic hydroxyl groups is 1. The Kier molecular flexibility index (Phi) is 26.1. The number of carbonyl (C=O) groups excluding carboxylic acids is 1. The Morgan fingerprint density at radius 3 is 1.74 bits per heavy atom. The predicted molar refractivity (Wildman–Crippen MR) is 173 cm³/mol. The Morgan fingerprint density at radius 1 is 0.810 bits per heavy atom. The summed E-state index contributed by atoms with van der Waals surface area (Å²) >= 11 is 0. The van der Waals surface area contributed by atoms with E-state index in [1.807, 2.05) is 34.1 Å². The molecule has 0 fully saturated rings. The number of rotatable bonds is 30. The minimum absolute atomic E-state index is 0.00104. The fraction of sp³-hybridized carbons (Fsp3) is 0.909.